The molecular weight excluding hydrogens is 375 g/mol. The Morgan fingerprint density at radius 3 is 2.82 bits per heavy atom. The van der Waals surface area contributed by atoms with Crippen LogP contribution in [0.5, 0.6) is 5.75 Å². The molecule has 150 valence electrons. The van der Waals surface area contributed by atoms with E-state index in [4.69, 9.17) is 16.3 Å². The standard InChI is InChI=1S/C23H28ClFN2O/c1-16-10-20(24)22(12-21(16)25)26-15-23-8-3-9-27(23)14-18(13-23)11-17-4-6-19(28-2)7-5-17/h4-7,10,12,18,26H,3,8-9,11,13-15H2,1-2H3. The fourth-order valence-corrected chi connectivity index (χ4v) is 5.25. The molecule has 2 aromatic rings. The lowest BCUT2D eigenvalue weighted by molar-refractivity contribution is 0.209. The Hall–Kier alpha value is -1.78. The SMILES string of the molecule is COc1ccc(CC2CN3CCCC3(CNc3cc(F)c(C)cc3Cl)C2)cc1. The summed E-state index contributed by atoms with van der Waals surface area (Å²) < 4.78 is 19.2. The number of ether oxygens (including phenoxy) is 1. The monoisotopic (exact) mass is 402 g/mol. The second kappa shape index (κ2) is 7.92. The Kier molecular flexibility index (Phi) is 5.52. The maximum absolute atomic E-state index is 14.0. The highest BCUT2D eigenvalue weighted by Gasteiger charge is 2.47. The Balaban J connectivity index is 1.43. The van der Waals surface area contributed by atoms with Crippen LogP contribution in [-0.2, 0) is 6.42 Å². The molecule has 0 aromatic heterocycles. The van der Waals surface area contributed by atoms with E-state index in [2.05, 4.69) is 22.3 Å². The average molecular weight is 403 g/mol. The quantitative estimate of drug-likeness (QED) is 0.709. The zero-order chi connectivity index (χ0) is 19.7. The Labute approximate surface area is 171 Å². The van der Waals surface area contributed by atoms with Crippen LogP contribution in [0.2, 0.25) is 5.02 Å². The molecule has 2 unspecified atom stereocenters. The van der Waals surface area contributed by atoms with Gasteiger partial charge in [0.15, 0.2) is 0 Å². The molecule has 0 bridgehead atoms. The van der Waals surface area contributed by atoms with Crippen molar-refractivity contribution in [2.24, 2.45) is 5.92 Å². The van der Waals surface area contributed by atoms with Crippen LogP contribution in [0.25, 0.3) is 0 Å². The lowest BCUT2D eigenvalue weighted by Gasteiger charge is -2.32. The zero-order valence-electron chi connectivity index (χ0n) is 16.6. The predicted molar refractivity (Wildman–Crippen MR) is 113 cm³/mol. The molecule has 1 N–H and O–H groups in total. The maximum atomic E-state index is 14.0. The first-order valence-corrected chi connectivity index (χ1v) is 10.4. The largest absolute Gasteiger partial charge is 0.497 e. The Morgan fingerprint density at radius 2 is 2.07 bits per heavy atom. The second-order valence-corrected chi connectivity index (χ2v) is 8.74. The van der Waals surface area contributed by atoms with E-state index in [9.17, 15) is 4.39 Å². The summed E-state index contributed by atoms with van der Waals surface area (Å²) in [5.74, 6) is 1.33. The molecule has 2 aromatic carbocycles. The number of nitrogens with zero attached hydrogens (tertiary/aromatic N) is 1. The smallest absolute Gasteiger partial charge is 0.128 e. The van der Waals surface area contributed by atoms with Gasteiger partial charge in [-0.05, 0) is 80.5 Å². The average Bonchev–Trinajstić information content (AvgIpc) is 3.21. The first-order chi connectivity index (χ1) is 13.5. The van der Waals surface area contributed by atoms with E-state index < -0.39 is 0 Å². The van der Waals surface area contributed by atoms with Crippen molar-refractivity contribution in [1.29, 1.82) is 0 Å². The van der Waals surface area contributed by atoms with Crippen molar-refractivity contribution in [2.75, 3.05) is 32.1 Å². The predicted octanol–water partition coefficient (Wildman–Crippen LogP) is 5.31. The number of hydrogen-bond donors (Lipinski definition) is 1. The van der Waals surface area contributed by atoms with Gasteiger partial charge in [-0.3, -0.25) is 4.90 Å². The summed E-state index contributed by atoms with van der Waals surface area (Å²) in [6.45, 7) is 4.83. The fraction of sp³-hybridized carbons (Fsp3) is 0.478. The van der Waals surface area contributed by atoms with Crippen LogP contribution in [0, 0.1) is 18.7 Å². The first kappa shape index (κ1) is 19.5. The summed E-state index contributed by atoms with van der Waals surface area (Å²) in [5, 5.41) is 4.04. The number of hydrogen-bond acceptors (Lipinski definition) is 3. The van der Waals surface area contributed by atoms with Gasteiger partial charge in [-0.25, -0.2) is 4.39 Å². The van der Waals surface area contributed by atoms with E-state index in [1.54, 1.807) is 20.1 Å². The van der Waals surface area contributed by atoms with Crippen LogP contribution in [-0.4, -0.2) is 37.2 Å². The number of benzene rings is 2. The molecule has 2 aliphatic rings. The molecule has 0 radical (unpaired) electrons. The molecule has 4 rings (SSSR count). The van der Waals surface area contributed by atoms with Gasteiger partial charge in [-0.2, -0.15) is 0 Å². The highest BCUT2D eigenvalue weighted by molar-refractivity contribution is 6.33. The molecule has 0 aliphatic carbocycles. The molecule has 2 heterocycles. The summed E-state index contributed by atoms with van der Waals surface area (Å²) in [4.78, 5) is 2.63. The van der Waals surface area contributed by atoms with Gasteiger partial charge >= 0.3 is 0 Å². The van der Waals surface area contributed by atoms with E-state index in [0.717, 1.165) is 38.2 Å². The molecule has 2 fully saturated rings. The number of fused-ring (bicyclic) bond motifs is 1. The highest BCUT2D eigenvalue weighted by Crippen LogP contribution is 2.43. The van der Waals surface area contributed by atoms with Gasteiger partial charge in [0.05, 0.1) is 17.8 Å². The zero-order valence-corrected chi connectivity index (χ0v) is 17.4. The summed E-state index contributed by atoms with van der Waals surface area (Å²) in [6.07, 6.45) is 4.66. The number of halogens is 2. The molecule has 2 aliphatic heterocycles. The van der Waals surface area contributed by atoms with Crippen molar-refractivity contribution in [2.45, 2.75) is 38.1 Å². The van der Waals surface area contributed by atoms with Crippen LogP contribution < -0.4 is 10.1 Å². The minimum atomic E-state index is -0.212. The number of rotatable bonds is 6. The topological polar surface area (TPSA) is 24.5 Å². The van der Waals surface area contributed by atoms with Crippen molar-refractivity contribution in [3.05, 3.63) is 58.4 Å². The third-order valence-corrected chi connectivity index (χ3v) is 6.74. The Bertz CT molecular complexity index is 841. The molecule has 2 saturated heterocycles. The third-order valence-electron chi connectivity index (χ3n) is 6.43. The van der Waals surface area contributed by atoms with E-state index >= 15 is 0 Å². The number of methoxy groups -OCH3 is 1. The van der Waals surface area contributed by atoms with Gasteiger partial charge < -0.3 is 10.1 Å². The van der Waals surface area contributed by atoms with Gasteiger partial charge in [0, 0.05) is 18.6 Å². The fourth-order valence-electron chi connectivity index (χ4n) is 4.97. The lowest BCUT2D eigenvalue weighted by Crippen LogP contribution is -2.44. The number of anilines is 1. The van der Waals surface area contributed by atoms with Crippen LogP contribution in [0.15, 0.2) is 36.4 Å². The third kappa shape index (κ3) is 3.85. The van der Waals surface area contributed by atoms with Crippen molar-refractivity contribution in [1.82, 2.24) is 4.90 Å². The van der Waals surface area contributed by atoms with Crippen molar-refractivity contribution in [3.8, 4) is 5.75 Å². The van der Waals surface area contributed by atoms with Crippen molar-refractivity contribution in [3.63, 3.8) is 0 Å². The maximum Gasteiger partial charge on any atom is 0.128 e. The Morgan fingerprint density at radius 1 is 1.29 bits per heavy atom. The molecule has 2 atom stereocenters. The number of nitrogens with one attached hydrogen (secondary N) is 1. The van der Waals surface area contributed by atoms with Gasteiger partial charge in [0.2, 0.25) is 0 Å². The molecule has 0 spiro atoms. The molecular formula is C23H28ClFN2O. The van der Waals surface area contributed by atoms with E-state index in [1.807, 2.05) is 12.1 Å². The number of aryl methyl sites for hydroxylation is 1. The van der Waals surface area contributed by atoms with E-state index in [1.165, 1.54) is 24.5 Å². The van der Waals surface area contributed by atoms with Crippen LogP contribution >= 0.6 is 11.6 Å². The van der Waals surface area contributed by atoms with Gasteiger partial charge in [-0.1, -0.05) is 23.7 Å². The molecule has 0 saturated carbocycles. The summed E-state index contributed by atoms with van der Waals surface area (Å²) >= 11 is 6.34. The van der Waals surface area contributed by atoms with Crippen molar-refractivity contribution < 1.29 is 9.13 Å². The first-order valence-electron chi connectivity index (χ1n) is 10.1. The van der Waals surface area contributed by atoms with E-state index in [0.29, 0.717) is 22.2 Å². The van der Waals surface area contributed by atoms with Gasteiger partial charge in [-0.15, -0.1) is 0 Å². The summed E-state index contributed by atoms with van der Waals surface area (Å²) in [7, 11) is 1.70. The molecule has 28 heavy (non-hydrogen) atoms. The minimum absolute atomic E-state index is 0.155. The minimum Gasteiger partial charge on any atom is -0.497 e. The molecule has 5 heteroatoms. The van der Waals surface area contributed by atoms with Crippen LogP contribution in [0.1, 0.15) is 30.4 Å². The van der Waals surface area contributed by atoms with Crippen LogP contribution in [0.3, 0.4) is 0 Å². The molecule has 0 amide bonds. The van der Waals surface area contributed by atoms with Gasteiger partial charge in [0.1, 0.15) is 11.6 Å². The van der Waals surface area contributed by atoms with Crippen molar-refractivity contribution >= 4 is 17.3 Å². The van der Waals surface area contributed by atoms with Gasteiger partial charge in [0.25, 0.3) is 0 Å². The summed E-state index contributed by atoms with van der Waals surface area (Å²) in [6, 6.07) is 11.6. The van der Waals surface area contributed by atoms with Crippen LogP contribution in [0.4, 0.5) is 10.1 Å². The molecule has 3 nitrogen and oxygen atoms in total. The van der Waals surface area contributed by atoms with E-state index in [-0.39, 0.29) is 11.4 Å². The summed E-state index contributed by atoms with van der Waals surface area (Å²) in [5.41, 5.74) is 2.79. The highest BCUT2D eigenvalue weighted by atomic mass is 35.5. The second-order valence-electron chi connectivity index (χ2n) is 8.33. The lowest BCUT2D eigenvalue weighted by atomic mass is 9.87. The normalized spacial score (nSPS) is 24.4.